The van der Waals surface area contributed by atoms with Crippen LogP contribution in [0.25, 0.3) is 0 Å². The molecule has 19 heavy (non-hydrogen) atoms. The molecule has 1 aromatic heterocycles. The van der Waals surface area contributed by atoms with Crippen molar-refractivity contribution in [2.45, 2.75) is 19.4 Å². The minimum Gasteiger partial charge on any atom is -0.493 e. The molecule has 0 fully saturated rings. The molecule has 0 aliphatic rings. The van der Waals surface area contributed by atoms with Crippen LogP contribution in [0.1, 0.15) is 12.7 Å². The molecule has 1 unspecified atom stereocenters. The number of ether oxygens (including phenoxy) is 2. The Morgan fingerprint density at radius 2 is 1.95 bits per heavy atom. The molecule has 102 valence electrons. The van der Waals surface area contributed by atoms with Crippen LogP contribution in [0.5, 0.6) is 11.5 Å². The molecule has 0 saturated heterocycles. The van der Waals surface area contributed by atoms with E-state index >= 15 is 0 Å². The van der Waals surface area contributed by atoms with E-state index in [-0.39, 0.29) is 6.04 Å². The molecule has 0 amide bonds. The third-order valence-corrected chi connectivity index (χ3v) is 2.88. The number of hydrogen-bond acceptors (Lipinski definition) is 4. The van der Waals surface area contributed by atoms with Gasteiger partial charge in [-0.3, -0.25) is 0 Å². The Morgan fingerprint density at radius 1 is 1.16 bits per heavy atom. The Balaban J connectivity index is 2.02. The van der Waals surface area contributed by atoms with Crippen LogP contribution in [0.4, 0.5) is 5.69 Å². The Kier molecular flexibility index (Phi) is 4.34. The van der Waals surface area contributed by atoms with Crippen LogP contribution in [0.2, 0.25) is 0 Å². The average molecular weight is 261 g/mol. The van der Waals surface area contributed by atoms with E-state index in [0.717, 1.165) is 29.4 Å². The Morgan fingerprint density at radius 3 is 2.58 bits per heavy atom. The highest BCUT2D eigenvalue weighted by Gasteiger charge is 2.08. The molecular formula is C15H19NO3. The second-order valence-electron chi connectivity index (χ2n) is 4.40. The summed E-state index contributed by atoms with van der Waals surface area (Å²) in [5.41, 5.74) is 0.997. The third-order valence-electron chi connectivity index (χ3n) is 2.88. The molecule has 0 bridgehead atoms. The predicted molar refractivity (Wildman–Crippen MR) is 75.0 cm³/mol. The van der Waals surface area contributed by atoms with E-state index in [4.69, 9.17) is 13.9 Å². The molecule has 0 spiro atoms. The van der Waals surface area contributed by atoms with Crippen molar-refractivity contribution in [2.24, 2.45) is 0 Å². The quantitative estimate of drug-likeness (QED) is 0.866. The van der Waals surface area contributed by atoms with Gasteiger partial charge in [0.1, 0.15) is 5.76 Å². The number of benzene rings is 1. The molecule has 0 radical (unpaired) electrons. The van der Waals surface area contributed by atoms with Gasteiger partial charge >= 0.3 is 0 Å². The second kappa shape index (κ2) is 6.18. The highest BCUT2D eigenvalue weighted by Crippen LogP contribution is 2.30. The zero-order valence-corrected chi connectivity index (χ0v) is 11.5. The van der Waals surface area contributed by atoms with Crippen LogP contribution in [-0.2, 0) is 6.42 Å². The number of anilines is 1. The summed E-state index contributed by atoms with van der Waals surface area (Å²) >= 11 is 0. The first-order valence-corrected chi connectivity index (χ1v) is 6.24. The Labute approximate surface area is 113 Å². The molecule has 0 saturated carbocycles. The van der Waals surface area contributed by atoms with Crippen LogP contribution in [0.15, 0.2) is 41.0 Å². The minimum absolute atomic E-state index is 0.268. The summed E-state index contributed by atoms with van der Waals surface area (Å²) in [6, 6.07) is 9.94. The van der Waals surface area contributed by atoms with Crippen LogP contribution in [0.3, 0.4) is 0 Å². The van der Waals surface area contributed by atoms with E-state index in [1.54, 1.807) is 20.5 Å². The van der Waals surface area contributed by atoms with Crippen molar-refractivity contribution in [3.63, 3.8) is 0 Å². The van der Waals surface area contributed by atoms with Crippen LogP contribution < -0.4 is 14.8 Å². The lowest BCUT2D eigenvalue weighted by molar-refractivity contribution is 0.355. The maximum Gasteiger partial charge on any atom is 0.162 e. The molecule has 1 atom stereocenters. The van der Waals surface area contributed by atoms with E-state index in [2.05, 4.69) is 12.2 Å². The smallest absolute Gasteiger partial charge is 0.162 e. The van der Waals surface area contributed by atoms with Gasteiger partial charge in [-0.1, -0.05) is 0 Å². The fourth-order valence-electron chi connectivity index (χ4n) is 1.99. The molecule has 4 heteroatoms. The van der Waals surface area contributed by atoms with Crippen LogP contribution >= 0.6 is 0 Å². The van der Waals surface area contributed by atoms with Crippen molar-refractivity contribution in [3.05, 3.63) is 42.4 Å². The molecule has 0 aliphatic carbocycles. The van der Waals surface area contributed by atoms with E-state index in [1.165, 1.54) is 0 Å². The summed E-state index contributed by atoms with van der Waals surface area (Å²) in [4.78, 5) is 0. The van der Waals surface area contributed by atoms with Gasteiger partial charge in [-0.2, -0.15) is 0 Å². The molecule has 2 rings (SSSR count). The Hall–Kier alpha value is -2.10. The summed E-state index contributed by atoms with van der Waals surface area (Å²) in [5.74, 6) is 2.42. The summed E-state index contributed by atoms with van der Waals surface area (Å²) in [6.45, 7) is 2.11. The molecule has 4 nitrogen and oxygen atoms in total. The topological polar surface area (TPSA) is 43.6 Å². The van der Waals surface area contributed by atoms with Gasteiger partial charge in [-0.15, -0.1) is 0 Å². The zero-order valence-electron chi connectivity index (χ0n) is 11.5. The summed E-state index contributed by atoms with van der Waals surface area (Å²) in [5, 5.41) is 3.41. The number of hydrogen-bond donors (Lipinski definition) is 1. The first kappa shape index (κ1) is 13.3. The molecule has 1 N–H and O–H groups in total. The molecule has 1 heterocycles. The largest absolute Gasteiger partial charge is 0.493 e. The van der Waals surface area contributed by atoms with Gasteiger partial charge in [-0.05, 0) is 31.2 Å². The van der Waals surface area contributed by atoms with Crippen molar-refractivity contribution in [1.82, 2.24) is 0 Å². The summed E-state index contributed by atoms with van der Waals surface area (Å²) in [6.07, 6.45) is 2.53. The fourth-order valence-corrected chi connectivity index (χ4v) is 1.99. The van der Waals surface area contributed by atoms with Gasteiger partial charge in [-0.25, -0.2) is 0 Å². The van der Waals surface area contributed by atoms with Gasteiger partial charge in [0, 0.05) is 24.2 Å². The van der Waals surface area contributed by atoms with E-state index in [9.17, 15) is 0 Å². The minimum atomic E-state index is 0.268. The van der Waals surface area contributed by atoms with Crippen LogP contribution in [0, 0.1) is 0 Å². The number of furan rings is 1. The SMILES string of the molecule is COc1ccc(NC(C)Cc2ccco2)cc1OC. The van der Waals surface area contributed by atoms with Crippen LogP contribution in [-0.4, -0.2) is 20.3 Å². The van der Waals surface area contributed by atoms with Crippen molar-refractivity contribution >= 4 is 5.69 Å². The highest BCUT2D eigenvalue weighted by atomic mass is 16.5. The molecule has 0 aliphatic heterocycles. The van der Waals surface area contributed by atoms with Gasteiger partial charge in [0.05, 0.1) is 20.5 Å². The van der Waals surface area contributed by atoms with Crippen molar-refractivity contribution in [2.75, 3.05) is 19.5 Å². The van der Waals surface area contributed by atoms with Crippen molar-refractivity contribution < 1.29 is 13.9 Å². The van der Waals surface area contributed by atoms with E-state index < -0.39 is 0 Å². The monoisotopic (exact) mass is 261 g/mol. The van der Waals surface area contributed by atoms with Gasteiger partial charge in [0.15, 0.2) is 11.5 Å². The summed E-state index contributed by atoms with van der Waals surface area (Å²) in [7, 11) is 3.26. The van der Waals surface area contributed by atoms with E-state index in [1.807, 2.05) is 30.3 Å². The summed E-state index contributed by atoms with van der Waals surface area (Å²) < 4.78 is 15.8. The first-order valence-electron chi connectivity index (χ1n) is 6.24. The maximum atomic E-state index is 5.34. The van der Waals surface area contributed by atoms with Gasteiger partial charge in [0.25, 0.3) is 0 Å². The number of methoxy groups -OCH3 is 2. The molecule has 2 aromatic rings. The third kappa shape index (κ3) is 3.44. The number of rotatable bonds is 6. The van der Waals surface area contributed by atoms with Crippen molar-refractivity contribution in [3.8, 4) is 11.5 Å². The first-order chi connectivity index (χ1) is 9.22. The highest BCUT2D eigenvalue weighted by molar-refractivity contribution is 5.55. The lowest BCUT2D eigenvalue weighted by Crippen LogP contribution is -2.17. The lowest BCUT2D eigenvalue weighted by Gasteiger charge is -2.16. The standard InChI is InChI=1S/C15H19NO3/c1-11(9-13-5-4-8-19-13)16-12-6-7-14(17-2)15(10-12)18-3/h4-8,10-11,16H,9H2,1-3H3. The zero-order chi connectivity index (χ0) is 13.7. The lowest BCUT2D eigenvalue weighted by atomic mass is 10.2. The van der Waals surface area contributed by atoms with Crippen molar-refractivity contribution in [1.29, 1.82) is 0 Å². The second-order valence-corrected chi connectivity index (χ2v) is 4.40. The molecular weight excluding hydrogens is 242 g/mol. The average Bonchev–Trinajstić information content (AvgIpc) is 2.91. The van der Waals surface area contributed by atoms with Gasteiger partial charge in [0.2, 0.25) is 0 Å². The van der Waals surface area contributed by atoms with E-state index in [0.29, 0.717) is 0 Å². The Bertz CT molecular complexity index is 508. The molecule has 1 aromatic carbocycles. The predicted octanol–water partition coefficient (Wildman–Crippen LogP) is 3.34. The maximum absolute atomic E-state index is 5.34. The number of nitrogens with one attached hydrogen (secondary N) is 1. The fraction of sp³-hybridized carbons (Fsp3) is 0.333. The normalized spacial score (nSPS) is 11.9. The van der Waals surface area contributed by atoms with Gasteiger partial charge < -0.3 is 19.2 Å².